The molecule has 0 aromatic rings. The van der Waals surface area contributed by atoms with E-state index in [4.69, 9.17) is 5.73 Å². The fourth-order valence-electron chi connectivity index (χ4n) is 4.07. The molecule has 2 aliphatic carbocycles. The molecule has 0 aromatic heterocycles. The number of amides is 1. The van der Waals surface area contributed by atoms with Crippen molar-refractivity contribution in [2.75, 3.05) is 7.05 Å². The zero-order valence-electron chi connectivity index (χ0n) is 13.0. The summed E-state index contributed by atoms with van der Waals surface area (Å²) in [5.74, 6) is -0.883. The Morgan fingerprint density at radius 2 is 1.76 bits per heavy atom. The smallest absolute Gasteiger partial charge is 0.305 e. The van der Waals surface area contributed by atoms with Gasteiger partial charge in [0, 0.05) is 13.1 Å². The van der Waals surface area contributed by atoms with E-state index in [9.17, 15) is 14.7 Å². The van der Waals surface area contributed by atoms with E-state index in [0.29, 0.717) is 0 Å². The molecule has 0 spiro atoms. The van der Waals surface area contributed by atoms with Crippen LogP contribution in [0.5, 0.6) is 0 Å². The second-order valence-corrected chi connectivity index (χ2v) is 6.81. The first-order valence-corrected chi connectivity index (χ1v) is 8.21. The normalized spacial score (nSPS) is 28.9. The first kappa shape index (κ1) is 16.3. The predicted molar refractivity (Wildman–Crippen MR) is 80.8 cm³/mol. The number of nitrogens with zero attached hydrogens (tertiary/aromatic N) is 1. The molecule has 2 aliphatic rings. The summed E-state index contributed by atoms with van der Waals surface area (Å²) in [4.78, 5) is 25.9. The summed E-state index contributed by atoms with van der Waals surface area (Å²) in [5.41, 5.74) is 5.63. The van der Waals surface area contributed by atoms with Crippen molar-refractivity contribution in [1.82, 2.24) is 4.90 Å². The number of rotatable bonds is 4. The molecule has 2 atom stereocenters. The minimum absolute atomic E-state index is 0.0528. The maximum atomic E-state index is 12.8. The lowest BCUT2D eigenvalue weighted by Gasteiger charge is -2.46. The zero-order valence-corrected chi connectivity index (χ0v) is 13.0. The lowest BCUT2D eigenvalue weighted by atomic mass is 9.76. The highest BCUT2D eigenvalue weighted by molar-refractivity contribution is 5.81. The Hall–Kier alpha value is -1.10. The Morgan fingerprint density at radius 1 is 1.14 bits per heavy atom. The van der Waals surface area contributed by atoms with Gasteiger partial charge in [0.05, 0.1) is 17.9 Å². The Bertz CT molecular complexity index is 391. The standard InChI is InChI=1S/C16H28N2O3/c1-18(15(21)12-7-3-4-8-13(12)17)16(11-14(19)20)9-5-2-6-10-16/h12-13H,2-11,17H2,1H3,(H,19,20). The first-order chi connectivity index (χ1) is 9.96. The Balaban J connectivity index is 2.14. The summed E-state index contributed by atoms with van der Waals surface area (Å²) in [6, 6.07) is -0.0702. The van der Waals surface area contributed by atoms with Crippen molar-refractivity contribution in [3.8, 4) is 0 Å². The Labute approximate surface area is 126 Å². The molecule has 2 fully saturated rings. The number of nitrogens with two attached hydrogens (primary N) is 1. The topological polar surface area (TPSA) is 83.6 Å². The number of carbonyl (C=O) groups excluding carboxylic acids is 1. The average molecular weight is 296 g/mol. The molecule has 21 heavy (non-hydrogen) atoms. The Morgan fingerprint density at radius 3 is 2.33 bits per heavy atom. The number of hydrogen-bond donors (Lipinski definition) is 2. The fraction of sp³-hybridized carbons (Fsp3) is 0.875. The molecule has 0 aliphatic heterocycles. The summed E-state index contributed by atoms with van der Waals surface area (Å²) in [5, 5.41) is 9.26. The van der Waals surface area contributed by atoms with E-state index in [1.165, 1.54) is 0 Å². The summed E-state index contributed by atoms with van der Waals surface area (Å²) in [6.07, 6.45) is 8.66. The predicted octanol–water partition coefficient (Wildman–Crippen LogP) is 2.14. The van der Waals surface area contributed by atoms with Crippen LogP contribution in [0.15, 0.2) is 0 Å². The molecule has 2 unspecified atom stereocenters. The lowest BCUT2D eigenvalue weighted by molar-refractivity contribution is -0.149. The molecule has 3 N–H and O–H groups in total. The maximum absolute atomic E-state index is 12.8. The summed E-state index contributed by atoms with van der Waals surface area (Å²) in [6.45, 7) is 0. The summed E-state index contributed by atoms with van der Waals surface area (Å²) in [7, 11) is 1.79. The van der Waals surface area contributed by atoms with Crippen LogP contribution in [0.1, 0.15) is 64.2 Å². The third-order valence-electron chi connectivity index (χ3n) is 5.44. The van der Waals surface area contributed by atoms with Gasteiger partial charge in [0.25, 0.3) is 0 Å². The zero-order chi connectivity index (χ0) is 15.5. The summed E-state index contributed by atoms with van der Waals surface area (Å²) < 4.78 is 0. The van der Waals surface area contributed by atoms with Gasteiger partial charge < -0.3 is 15.7 Å². The number of carbonyl (C=O) groups is 2. The van der Waals surface area contributed by atoms with Gasteiger partial charge in [0.2, 0.25) is 5.91 Å². The van der Waals surface area contributed by atoms with Crippen molar-refractivity contribution in [3.05, 3.63) is 0 Å². The van der Waals surface area contributed by atoms with Gasteiger partial charge in [-0.2, -0.15) is 0 Å². The molecule has 0 radical (unpaired) electrons. The number of carboxylic acid groups (broad SMARTS) is 1. The van der Waals surface area contributed by atoms with Gasteiger partial charge in [-0.15, -0.1) is 0 Å². The van der Waals surface area contributed by atoms with Gasteiger partial charge in [-0.1, -0.05) is 32.1 Å². The molecule has 0 aromatic carbocycles. The van der Waals surface area contributed by atoms with Gasteiger partial charge in [-0.05, 0) is 25.7 Å². The third-order valence-corrected chi connectivity index (χ3v) is 5.44. The van der Waals surface area contributed by atoms with E-state index in [1.54, 1.807) is 11.9 Å². The van der Waals surface area contributed by atoms with Crippen molar-refractivity contribution in [3.63, 3.8) is 0 Å². The van der Waals surface area contributed by atoms with Crippen LogP contribution < -0.4 is 5.73 Å². The van der Waals surface area contributed by atoms with Crippen LogP contribution in [0.25, 0.3) is 0 Å². The highest BCUT2D eigenvalue weighted by Crippen LogP contribution is 2.38. The second-order valence-electron chi connectivity index (χ2n) is 6.81. The molecule has 0 heterocycles. The molecule has 5 heteroatoms. The Kier molecular flexibility index (Phi) is 5.25. The molecule has 120 valence electrons. The van der Waals surface area contributed by atoms with E-state index >= 15 is 0 Å². The number of aliphatic carboxylic acids is 1. The lowest BCUT2D eigenvalue weighted by Crippen LogP contribution is -2.56. The average Bonchev–Trinajstić information content (AvgIpc) is 2.46. The largest absolute Gasteiger partial charge is 0.481 e. The van der Waals surface area contributed by atoms with Gasteiger partial charge in [-0.3, -0.25) is 9.59 Å². The van der Waals surface area contributed by atoms with Crippen molar-refractivity contribution in [2.45, 2.75) is 75.8 Å². The SMILES string of the molecule is CN(C(=O)C1CCCCC1N)C1(CC(=O)O)CCCCC1. The van der Waals surface area contributed by atoms with Crippen molar-refractivity contribution < 1.29 is 14.7 Å². The quantitative estimate of drug-likeness (QED) is 0.832. The van der Waals surface area contributed by atoms with Crippen LogP contribution in [-0.4, -0.2) is 40.5 Å². The molecule has 0 bridgehead atoms. The highest BCUT2D eigenvalue weighted by atomic mass is 16.4. The van der Waals surface area contributed by atoms with E-state index in [2.05, 4.69) is 0 Å². The minimum atomic E-state index is -0.815. The van der Waals surface area contributed by atoms with Crippen molar-refractivity contribution in [1.29, 1.82) is 0 Å². The maximum Gasteiger partial charge on any atom is 0.305 e. The van der Waals surface area contributed by atoms with Crippen LogP contribution in [0.4, 0.5) is 0 Å². The molecule has 5 nitrogen and oxygen atoms in total. The highest BCUT2D eigenvalue weighted by Gasteiger charge is 2.43. The molecular weight excluding hydrogens is 268 g/mol. The molecule has 2 saturated carbocycles. The number of hydrogen-bond acceptors (Lipinski definition) is 3. The van der Waals surface area contributed by atoms with Gasteiger partial charge >= 0.3 is 5.97 Å². The van der Waals surface area contributed by atoms with E-state index < -0.39 is 11.5 Å². The summed E-state index contributed by atoms with van der Waals surface area (Å²) >= 11 is 0. The van der Waals surface area contributed by atoms with E-state index in [1.807, 2.05) is 0 Å². The van der Waals surface area contributed by atoms with Gasteiger partial charge in [0.15, 0.2) is 0 Å². The third kappa shape index (κ3) is 3.57. The number of carboxylic acids is 1. The monoisotopic (exact) mass is 296 g/mol. The van der Waals surface area contributed by atoms with Crippen LogP contribution in [-0.2, 0) is 9.59 Å². The molecule has 1 amide bonds. The van der Waals surface area contributed by atoms with Gasteiger partial charge in [0.1, 0.15) is 0 Å². The van der Waals surface area contributed by atoms with Gasteiger partial charge in [-0.25, -0.2) is 0 Å². The second kappa shape index (κ2) is 6.77. The van der Waals surface area contributed by atoms with Crippen LogP contribution in [0, 0.1) is 5.92 Å². The van der Waals surface area contributed by atoms with Crippen molar-refractivity contribution in [2.24, 2.45) is 11.7 Å². The van der Waals surface area contributed by atoms with E-state index in [0.717, 1.165) is 57.8 Å². The first-order valence-electron chi connectivity index (χ1n) is 8.21. The van der Waals surface area contributed by atoms with Crippen LogP contribution >= 0.6 is 0 Å². The van der Waals surface area contributed by atoms with E-state index in [-0.39, 0.29) is 24.3 Å². The van der Waals surface area contributed by atoms with Crippen LogP contribution in [0.2, 0.25) is 0 Å². The molecular formula is C16H28N2O3. The van der Waals surface area contributed by atoms with Crippen LogP contribution in [0.3, 0.4) is 0 Å². The van der Waals surface area contributed by atoms with Crippen molar-refractivity contribution >= 4 is 11.9 Å². The molecule has 2 rings (SSSR count). The minimum Gasteiger partial charge on any atom is -0.481 e. The molecule has 0 saturated heterocycles. The fourth-order valence-corrected chi connectivity index (χ4v) is 4.07.